The van der Waals surface area contributed by atoms with E-state index in [4.69, 9.17) is 26.2 Å². The van der Waals surface area contributed by atoms with Gasteiger partial charge in [0.05, 0.1) is 22.6 Å². The van der Waals surface area contributed by atoms with Gasteiger partial charge in [-0.2, -0.15) is 0 Å². The van der Waals surface area contributed by atoms with Crippen LogP contribution in [-0.2, 0) is 14.8 Å². The Hall–Kier alpha value is -0.820. The summed E-state index contributed by atoms with van der Waals surface area (Å²) in [6.07, 6.45) is 0.133. The van der Waals surface area contributed by atoms with Crippen LogP contribution in [0, 0.1) is 0 Å². The first-order valence-electron chi connectivity index (χ1n) is 5.37. The molecule has 0 bridgehead atoms. The van der Waals surface area contributed by atoms with E-state index < -0.39 is 10.0 Å². The summed E-state index contributed by atoms with van der Waals surface area (Å²) in [6, 6.07) is 4.08. The number of benzene rings is 1. The minimum atomic E-state index is -3.74. The molecule has 0 radical (unpaired) electrons. The summed E-state index contributed by atoms with van der Waals surface area (Å²) in [5, 5.41) is 5.18. The van der Waals surface area contributed by atoms with Gasteiger partial charge in [0.15, 0.2) is 0 Å². The summed E-state index contributed by atoms with van der Waals surface area (Å²) in [5.74, 6) is 0.399. The highest BCUT2D eigenvalue weighted by Gasteiger charge is 2.11. The van der Waals surface area contributed by atoms with E-state index in [0.717, 1.165) is 0 Å². The van der Waals surface area contributed by atoms with E-state index in [1.165, 1.54) is 18.2 Å². The van der Waals surface area contributed by atoms with Crippen LogP contribution in [0.2, 0.25) is 5.02 Å². The lowest BCUT2D eigenvalue weighted by Crippen LogP contribution is -2.13. The predicted molar refractivity (Wildman–Crippen MR) is 69.4 cm³/mol. The Labute approximate surface area is 112 Å². The maximum Gasteiger partial charge on any atom is 0.238 e. The summed E-state index contributed by atoms with van der Waals surface area (Å²) in [7, 11) is -3.74. The highest BCUT2D eigenvalue weighted by molar-refractivity contribution is 7.89. The van der Waals surface area contributed by atoms with E-state index in [2.05, 4.69) is 0 Å². The SMILES string of the molecule is CC(C)OCCOc1ccc(S(N)(=O)=O)cc1Cl. The van der Waals surface area contributed by atoms with Gasteiger partial charge in [-0.25, -0.2) is 13.6 Å². The molecule has 0 saturated heterocycles. The molecule has 0 heterocycles. The average Bonchev–Trinajstić information content (AvgIpc) is 2.24. The molecule has 1 aromatic carbocycles. The van der Waals surface area contributed by atoms with E-state index in [1.54, 1.807) is 0 Å². The molecule has 5 nitrogen and oxygen atoms in total. The Kier molecular flexibility index (Phi) is 5.40. The van der Waals surface area contributed by atoms with Crippen molar-refractivity contribution in [1.29, 1.82) is 0 Å². The fraction of sp³-hybridized carbons (Fsp3) is 0.455. The van der Waals surface area contributed by atoms with Gasteiger partial charge in [0.1, 0.15) is 12.4 Å². The number of halogens is 1. The van der Waals surface area contributed by atoms with E-state index in [0.29, 0.717) is 19.0 Å². The molecule has 0 unspecified atom stereocenters. The van der Waals surface area contributed by atoms with Crippen molar-refractivity contribution in [2.75, 3.05) is 13.2 Å². The summed E-state index contributed by atoms with van der Waals surface area (Å²) in [6.45, 7) is 4.62. The van der Waals surface area contributed by atoms with Crippen molar-refractivity contribution in [3.05, 3.63) is 23.2 Å². The Bertz CT molecular complexity index is 502. The number of rotatable bonds is 6. The van der Waals surface area contributed by atoms with Gasteiger partial charge in [0.25, 0.3) is 0 Å². The smallest absolute Gasteiger partial charge is 0.238 e. The summed E-state index contributed by atoms with van der Waals surface area (Å²) < 4.78 is 32.8. The minimum absolute atomic E-state index is 0.0433. The van der Waals surface area contributed by atoms with Gasteiger partial charge >= 0.3 is 0 Å². The van der Waals surface area contributed by atoms with Crippen molar-refractivity contribution in [3.8, 4) is 5.75 Å². The molecule has 0 aliphatic heterocycles. The van der Waals surface area contributed by atoms with E-state index in [9.17, 15) is 8.42 Å². The number of ether oxygens (including phenoxy) is 2. The van der Waals surface area contributed by atoms with Gasteiger partial charge in [-0.1, -0.05) is 11.6 Å². The van der Waals surface area contributed by atoms with Crippen LogP contribution in [0.25, 0.3) is 0 Å². The quantitative estimate of drug-likeness (QED) is 0.811. The molecule has 0 aliphatic rings. The van der Waals surface area contributed by atoms with Gasteiger partial charge in [0, 0.05) is 0 Å². The van der Waals surface area contributed by atoms with Crippen LogP contribution in [-0.4, -0.2) is 27.7 Å². The molecular weight excluding hydrogens is 278 g/mol. The zero-order chi connectivity index (χ0) is 13.8. The molecule has 7 heteroatoms. The molecular formula is C11H16ClNO4S. The normalized spacial score (nSPS) is 11.8. The third-order valence-corrected chi connectivity index (χ3v) is 3.23. The molecule has 18 heavy (non-hydrogen) atoms. The first-order chi connectivity index (χ1) is 8.30. The molecule has 0 aromatic heterocycles. The standard InChI is InChI=1S/C11H16ClNO4S/c1-8(2)16-5-6-17-11-4-3-9(7-10(11)12)18(13,14)15/h3-4,7-8H,5-6H2,1-2H3,(H2,13,14,15). The monoisotopic (exact) mass is 293 g/mol. The molecule has 2 N–H and O–H groups in total. The summed E-state index contributed by atoms with van der Waals surface area (Å²) in [4.78, 5) is -0.0433. The lowest BCUT2D eigenvalue weighted by atomic mass is 10.3. The van der Waals surface area contributed by atoms with Crippen LogP contribution in [0.3, 0.4) is 0 Å². The maximum atomic E-state index is 11.1. The Morgan fingerprint density at radius 2 is 2.00 bits per heavy atom. The molecule has 0 fully saturated rings. The summed E-state index contributed by atoms with van der Waals surface area (Å²) in [5.41, 5.74) is 0. The number of nitrogens with two attached hydrogens (primary N) is 1. The largest absolute Gasteiger partial charge is 0.490 e. The van der Waals surface area contributed by atoms with Crippen LogP contribution in [0.15, 0.2) is 23.1 Å². The highest BCUT2D eigenvalue weighted by Crippen LogP contribution is 2.26. The first-order valence-corrected chi connectivity index (χ1v) is 7.30. The van der Waals surface area contributed by atoms with Crippen LogP contribution in [0.4, 0.5) is 0 Å². The lowest BCUT2D eigenvalue weighted by molar-refractivity contribution is 0.0553. The van der Waals surface area contributed by atoms with Gasteiger partial charge in [0.2, 0.25) is 10.0 Å². The minimum Gasteiger partial charge on any atom is -0.490 e. The zero-order valence-corrected chi connectivity index (χ0v) is 11.8. The van der Waals surface area contributed by atoms with Crippen LogP contribution in [0.5, 0.6) is 5.75 Å². The number of hydrogen-bond donors (Lipinski definition) is 1. The van der Waals surface area contributed by atoms with Crippen molar-refractivity contribution < 1.29 is 17.9 Å². The lowest BCUT2D eigenvalue weighted by Gasteiger charge is -2.10. The van der Waals surface area contributed by atoms with E-state index in [1.807, 2.05) is 13.8 Å². The number of sulfonamides is 1. The number of primary sulfonamides is 1. The summed E-state index contributed by atoms with van der Waals surface area (Å²) >= 11 is 5.89. The second-order valence-electron chi connectivity index (χ2n) is 3.91. The third kappa shape index (κ3) is 4.81. The topological polar surface area (TPSA) is 78.6 Å². The van der Waals surface area contributed by atoms with Crippen molar-refractivity contribution in [2.24, 2.45) is 5.14 Å². The molecule has 0 spiro atoms. The Morgan fingerprint density at radius 3 is 2.50 bits per heavy atom. The van der Waals surface area contributed by atoms with E-state index >= 15 is 0 Å². The average molecular weight is 294 g/mol. The molecule has 102 valence electrons. The second-order valence-corrected chi connectivity index (χ2v) is 5.87. The zero-order valence-electron chi connectivity index (χ0n) is 10.2. The molecule has 1 rings (SSSR count). The van der Waals surface area contributed by atoms with Crippen LogP contribution in [0.1, 0.15) is 13.8 Å². The Balaban J connectivity index is 2.64. The predicted octanol–water partition coefficient (Wildman–Crippen LogP) is 1.79. The van der Waals surface area contributed by atoms with Crippen molar-refractivity contribution >= 4 is 21.6 Å². The second kappa shape index (κ2) is 6.38. The van der Waals surface area contributed by atoms with E-state index in [-0.39, 0.29) is 16.0 Å². The van der Waals surface area contributed by atoms with Crippen molar-refractivity contribution in [1.82, 2.24) is 0 Å². The molecule has 1 aromatic rings. The molecule has 0 amide bonds. The van der Waals surface area contributed by atoms with Gasteiger partial charge in [-0.05, 0) is 32.0 Å². The fourth-order valence-electron chi connectivity index (χ4n) is 1.21. The van der Waals surface area contributed by atoms with Gasteiger partial charge in [-0.15, -0.1) is 0 Å². The van der Waals surface area contributed by atoms with Gasteiger partial charge in [-0.3, -0.25) is 0 Å². The molecule has 0 saturated carbocycles. The maximum absolute atomic E-state index is 11.1. The van der Waals surface area contributed by atoms with Crippen molar-refractivity contribution in [2.45, 2.75) is 24.8 Å². The Morgan fingerprint density at radius 1 is 1.33 bits per heavy atom. The van der Waals surface area contributed by atoms with Crippen LogP contribution < -0.4 is 9.88 Å². The number of hydrogen-bond acceptors (Lipinski definition) is 4. The molecule has 0 aliphatic carbocycles. The third-order valence-electron chi connectivity index (χ3n) is 2.02. The first kappa shape index (κ1) is 15.2. The highest BCUT2D eigenvalue weighted by atomic mass is 35.5. The van der Waals surface area contributed by atoms with Gasteiger partial charge < -0.3 is 9.47 Å². The van der Waals surface area contributed by atoms with Crippen LogP contribution >= 0.6 is 11.6 Å². The van der Waals surface area contributed by atoms with Crippen molar-refractivity contribution in [3.63, 3.8) is 0 Å². The molecule has 0 atom stereocenters. The fourth-order valence-corrected chi connectivity index (χ4v) is 2.05.